The van der Waals surface area contributed by atoms with E-state index in [4.69, 9.17) is 11.6 Å². The van der Waals surface area contributed by atoms with Gasteiger partial charge >= 0.3 is 5.97 Å². The summed E-state index contributed by atoms with van der Waals surface area (Å²) in [4.78, 5) is 23.9. The Morgan fingerprint density at radius 3 is 2.81 bits per heavy atom. The maximum absolute atomic E-state index is 12.4. The van der Waals surface area contributed by atoms with E-state index in [2.05, 4.69) is 12.0 Å². The zero-order chi connectivity index (χ0) is 18.4. The third kappa shape index (κ3) is 3.09. The Morgan fingerprint density at radius 2 is 2.15 bits per heavy atom. The van der Waals surface area contributed by atoms with Crippen molar-refractivity contribution < 1.29 is 9.90 Å². The quantitative estimate of drug-likeness (QED) is 0.869. The van der Waals surface area contributed by atoms with Crippen LogP contribution < -0.4 is 5.56 Å². The summed E-state index contributed by atoms with van der Waals surface area (Å²) in [6.45, 7) is 2.72. The molecule has 1 fully saturated rings. The van der Waals surface area contributed by atoms with Crippen LogP contribution in [0.3, 0.4) is 0 Å². The standard InChI is InChI=1S/C19H20ClN3O3/c1-11-8-14(20)5-4-12(11)6-7-22-10-15(19(25)26)18(24)23-17(22)9-16(21-23)13-2-3-13/h4-5,9-11,13H,2-3,6-8H2,1H3,(H,25,26). The number of carbonyl (C=O) groups is 1. The number of carboxylic acid groups (broad SMARTS) is 1. The van der Waals surface area contributed by atoms with Crippen LogP contribution >= 0.6 is 11.6 Å². The minimum absolute atomic E-state index is 0.253. The Balaban J connectivity index is 1.72. The summed E-state index contributed by atoms with van der Waals surface area (Å²) < 4.78 is 3.07. The molecule has 2 heterocycles. The molecule has 0 saturated heterocycles. The molecule has 2 aromatic heterocycles. The van der Waals surface area contributed by atoms with Gasteiger partial charge < -0.3 is 9.67 Å². The monoisotopic (exact) mass is 373 g/mol. The molecule has 2 aliphatic rings. The summed E-state index contributed by atoms with van der Waals surface area (Å²) in [6.07, 6.45) is 9.14. The van der Waals surface area contributed by atoms with Crippen molar-refractivity contribution in [3.63, 3.8) is 0 Å². The van der Waals surface area contributed by atoms with Crippen LogP contribution in [0.25, 0.3) is 5.65 Å². The van der Waals surface area contributed by atoms with Gasteiger partial charge in [-0.15, -0.1) is 0 Å². The van der Waals surface area contributed by atoms with Crippen molar-refractivity contribution in [1.29, 1.82) is 0 Å². The number of aryl methyl sites for hydroxylation is 1. The highest BCUT2D eigenvalue weighted by Gasteiger charge is 2.28. The van der Waals surface area contributed by atoms with Crippen LogP contribution in [0.15, 0.2) is 39.8 Å². The molecule has 1 N–H and O–H groups in total. The molecule has 136 valence electrons. The van der Waals surface area contributed by atoms with E-state index in [0.29, 0.717) is 24.0 Å². The zero-order valence-corrected chi connectivity index (χ0v) is 15.2. The second kappa shape index (κ2) is 6.43. The third-order valence-corrected chi connectivity index (χ3v) is 5.47. The van der Waals surface area contributed by atoms with Crippen molar-refractivity contribution in [3.8, 4) is 0 Å². The molecule has 7 heteroatoms. The predicted molar refractivity (Wildman–Crippen MR) is 98.8 cm³/mol. The number of rotatable bonds is 5. The fourth-order valence-corrected chi connectivity index (χ4v) is 3.77. The maximum atomic E-state index is 12.4. The van der Waals surface area contributed by atoms with Gasteiger partial charge in [0.05, 0.1) is 5.69 Å². The molecule has 2 aliphatic carbocycles. The third-order valence-electron chi connectivity index (χ3n) is 5.19. The number of nitrogens with zero attached hydrogens (tertiary/aromatic N) is 3. The minimum atomic E-state index is -1.23. The molecule has 2 aromatic rings. The van der Waals surface area contributed by atoms with Crippen molar-refractivity contribution in [2.45, 2.75) is 45.1 Å². The van der Waals surface area contributed by atoms with E-state index in [1.807, 2.05) is 22.8 Å². The molecular weight excluding hydrogens is 354 g/mol. The molecule has 0 radical (unpaired) electrons. The average molecular weight is 374 g/mol. The Bertz CT molecular complexity index is 1010. The van der Waals surface area contributed by atoms with Gasteiger partial charge in [-0.05, 0) is 37.7 Å². The van der Waals surface area contributed by atoms with Gasteiger partial charge in [-0.3, -0.25) is 4.79 Å². The second-order valence-corrected chi connectivity index (χ2v) is 7.66. The molecule has 0 aromatic carbocycles. The molecule has 0 aliphatic heterocycles. The molecule has 6 nitrogen and oxygen atoms in total. The first-order valence-corrected chi connectivity index (χ1v) is 9.23. The van der Waals surface area contributed by atoms with Crippen molar-refractivity contribution in [2.75, 3.05) is 0 Å². The molecular formula is C19H20ClN3O3. The molecule has 0 bridgehead atoms. The van der Waals surface area contributed by atoms with Crippen LogP contribution in [0.1, 0.15) is 54.6 Å². The Hall–Kier alpha value is -2.34. The molecule has 26 heavy (non-hydrogen) atoms. The SMILES string of the molecule is CC1CC(Cl)=CC=C1CCn1cc(C(=O)O)c(=O)n2nc(C3CC3)cc12. The van der Waals surface area contributed by atoms with E-state index in [9.17, 15) is 14.7 Å². The minimum Gasteiger partial charge on any atom is -0.477 e. The van der Waals surface area contributed by atoms with Crippen LogP contribution in [0.5, 0.6) is 0 Å². The van der Waals surface area contributed by atoms with Crippen LogP contribution in [0.2, 0.25) is 0 Å². The first-order valence-electron chi connectivity index (χ1n) is 8.85. The smallest absolute Gasteiger partial charge is 0.342 e. The number of fused-ring (bicyclic) bond motifs is 1. The van der Waals surface area contributed by atoms with Gasteiger partial charge in [0.25, 0.3) is 5.56 Å². The lowest BCUT2D eigenvalue weighted by atomic mass is 9.91. The van der Waals surface area contributed by atoms with Crippen LogP contribution in [0.4, 0.5) is 0 Å². The summed E-state index contributed by atoms with van der Waals surface area (Å²) in [6, 6.07) is 1.92. The molecule has 1 atom stereocenters. The van der Waals surface area contributed by atoms with Crippen molar-refractivity contribution in [1.82, 2.24) is 14.2 Å². The molecule has 4 rings (SSSR count). The number of halogens is 1. The summed E-state index contributed by atoms with van der Waals surface area (Å²) in [5, 5.41) is 14.6. The van der Waals surface area contributed by atoms with E-state index >= 15 is 0 Å². The van der Waals surface area contributed by atoms with Gasteiger partial charge in [-0.1, -0.05) is 30.2 Å². The van der Waals surface area contributed by atoms with Crippen LogP contribution in [-0.2, 0) is 6.54 Å². The Labute approximate surface area is 155 Å². The molecule has 1 saturated carbocycles. The van der Waals surface area contributed by atoms with Crippen LogP contribution in [0, 0.1) is 5.92 Å². The first kappa shape index (κ1) is 17.1. The van der Waals surface area contributed by atoms with E-state index in [-0.39, 0.29) is 5.56 Å². The molecule has 1 unspecified atom stereocenters. The van der Waals surface area contributed by atoms with E-state index in [0.717, 1.165) is 36.4 Å². The number of hydrogen-bond acceptors (Lipinski definition) is 3. The predicted octanol–water partition coefficient (Wildman–Crippen LogP) is 3.55. The maximum Gasteiger partial charge on any atom is 0.342 e. The van der Waals surface area contributed by atoms with Gasteiger partial charge in [0.15, 0.2) is 0 Å². The van der Waals surface area contributed by atoms with Gasteiger partial charge in [-0.25, -0.2) is 4.79 Å². The highest BCUT2D eigenvalue weighted by atomic mass is 35.5. The number of aromatic carboxylic acids is 1. The van der Waals surface area contributed by atoms with Crippen molar-refractivity contribution in [3.05, 3.63) is 56.6 Å². The number of aromatic nitrogens is 3. The van der Waals surface area contributed by atoms with E-state index < -0.39 is 11.5 Å². The Kier molecular flexibility index (Phi) is 4.23. The molecule has 0 spiro atoms. The lowest BCUT2D eigenvalue weighted by Gasteiger charge is -2.20. The largest absolute Gasteiger partial charge is 0.477 e. The zero-order valence-electron chi connectivity index (χ0n) is 14.5. The summed E-state index contributed by atoms with van der Waals surface area (Å²) in [5.74, 6) is -0.479. The first-order chi connectivity index (χ1) is 12.4. The molecule has 0 amide bonds. The number of hydrogen-bond donors (Lipinski definition) is 1. The number of carboxylic acids is 1. The van der Waals surface area contributed by atoms with E-state index in [1.165, 1.54) is 16.3 Å². The highest BCUT2D eigenvalue weighted by molar-refractivity contribution is 6.29. The van der Waals surface area contributed by atoms with Gasteiger partial charge in [0.2, 0.25) is 0 Å². The Morgan fingerprint density at radius 1 is 1.38 bits per heavy atom. The summed E-state index contributed by atoms with van der Waals surface area (Å²) in [5.41, 5.74) is 1.97. The van der Waals surface area contributed by atoms with Crippen molar-refractivity contribution >= 4 is 23.2 Å². The van der Waals surface area contributed by atoms with E-state index in [1.54, 1.807) is 0 Å². The fourth-order valence-electron chi connectivity index (χ4n) is 3.47. The van der Waals surface area contributed by atoms with Crippen LogP contribution in [-0.4, -0.2) is 25.3 Å². The lowest BCUT2D eigenvalue weighted by molar-refractivity contribution is 0.0693. The summed E-state index contributed by atoms with van der Waals surface area (Å²) >= 11 is 6.08. The van der Waals surface area contributed by atoms with Gasteiger partial charge in [0, 0.05) is 29.8 Å². The lowest BCUT2D eigenvalue weighted by Crippen LogP contribution is -2.26. The van der Waals surface area contributed by atoms with Gasteiger partial charge in [-0.2, -0.15) is 9.61 Å². The summed E-state index contributed by atoms with van der Waals surface area (Å²) in [7, 11) is 0. The topological polar surface area (TPSA) is 76.6 Å². The van der Waals surface area contributed by atoms with Gasteiger partial charge in [0.1, 0.15) is 11.2 Å². The highest BCUT2D eigenvalue weighted by Crippen LogP contribution is 2.39. The second-order valence-electron chi connectivity index (χ2n) is 7.17. The number of allylic oxidation sites excluding steroid dienone is 4. The fraction of sp³-hybridized carbons (Fsp3) is 0.421. The average Bonchev–Trinajstić information content (AvgIpc) is 3.34. The van der Waals surface area contributed by atoms with Crippen molar-refractivity contribution in [2.24, 2.45) is 5.92 Å². The normalized spacial score (nSPS) is 20.2.